The lowest BCUT2D eigenvalue weighted by Gasteiger charge is -2.42. The minimum Gasteiger partial charge on any atom is -0.460 e. The summed E-state index contributed by atoms with van der Waals surface area (Å²) in [5.74, 6) is -7.07. The van der Waals surface area contributed by atoms with E-state index in [1.165, 1.54) is 12.0 Å². The number of allylic oxidation sites excluding steroid dienone is 6. The molecule has 0 radical (unpaired) electrons. The van der Waals surface area contributed by atoms with Gasteiger partial charge in [0.25, 0.3) is 11.7 Å². The van der Waals surface area contributed by atoms with Crippen LogP contribution in [0.2, 0.25) is 0 Å². The predicted octanol–water partition coefficient (Wildman–Crippen LogP) is 7.46. The van der Waals surface area contributed by atoms with E-state index in [9.17, 15) is 34.2 Å². The van der Waals surface area contributed by atoms with Gasteiger partial charge >= 0.3 is 5.97 Å². The number of rotatable bonds is 6. The number of hydrogen-bond donors (Lipinski definition) is 2. The van der Waals surface area contributed by atoms with Gasteiger partial charge in [-0.05, 0) is 113 Å². The number of piperidine rings is 1. The molecule has 15 atom stereocenters. The van der Waals surface area contributed by atoms with Crippen LogP contribution in [0.15, 0.2) is 47.6 Å². The van der Waals surface area contributed by atoms with Crippen molar-refractivity contribution < 1.29 is 57.9 Å². The Labute approximate surface area is 388 Å². The lowest BCUT2D eigenvalue weighted by molar-refractivity contribution is -0.265. The number of esters is 1. The van der Waals surface area contributed by atoms with Crippen LogP contribution in [0.4, 0.5) is 0 Å². The van der Waals surface area contributed by atoms with Gasteiger partial charge in [-0.2, -0.15) is 0 Å². The highest BCUT2D eigenvalue weighted by Crippen LogP contribution is 2.38. The third kappa shape index (κ3) is 14.3. The molecule has 4 rings (SSSR count). The van der Waals surface area contributed by atoms with E-state index in [0.717, 1.165) is 24.8 Å². The summed E-state index contributed by atoms with van der Waals surface area (Å²) in [7, 11) is 4.70. The van der Waals surface area contributed by atoms with Crippen LogP contribution in [-0.2, 0) is 47.7 Å². The first-order chi connectivity index (χ1) is 30.7. The van der Waals surface area contributed by atoms with Gasteiger partial charge in [-0.1, -0.05) is 78.0 Å². The minimum atomic E-state index is -2.41. The van der Waals surface area contributed by atoms with Crippen LogP contribution in [0.1, 0.15) is 132 Å². The number of ether oxygens (including phenoxy) is 5. The number of Topliss-reactive ketones (excluding diaryl/α,β-unsaturated/α-hetero) is 3. The van der Waals surface area contributed by atoms with E-state index >= 15 is 0 Å². The summed E-state index contributed by atoms with van der Waals surface area (Å²) in [4.78, 5) is 71.9. The Balaban J connectivity index is 1.70. The Morgan fingerprint density at radius 1 is 0.846 bits per heavy atom. The fourth-order valence-electron chi connectivity index (χ4n) is 10.4. The molecule has 0 aromatic carbocycles. The molecule has 0 aromatic heterocycles. The number of ketones is 3. The number of nitrogens with zero attached hydrogens (tertiary/aromatic N) is 1. The van der Waals surface area contributed by atoms with Gasteiger partial charge in [-0.3, -0.25) is 19.2 Å². The molecule has 0 aromatic rings. The zero-order chi connectivity index (χ0) is 48.2. The van der Waals surface area contributed by atoms with Crippen molar-refractivity contribution in [1.29, 1.82) is 0 Å². The number of cyclic esters (lactones) is 1. The van der Waals surface area contributed by atoms with Crippen molar-refractivity contribution in [2.24, 2.45) is 41.4 Å². The monoisotopic (exact) mass is 912 g/mol. The molecule has 4 aliphatic rings. The Hall–Kier alpha value is -3.33. The number of hydrogen-bond acceptors (Lipinski definition) is 12. The molecular formula is C52H81NO12. The fourth-order valence-corrected chi connectivity index (χ4v) is 10.4. The second-order valence-corrected chi connectivity index (χ2v) is 20.0. The maximum absolute atomic E-state index is 14.4. The van der Waals surface area contributed by atoms with Crippen molar-refractivity contribution in [3.05, 3.63) is 47.6 Å². The Bertz CT molecular complexity index is 1750. The molecule has 2 saturated heterocycles. The van der Waals surface area contributed by atoms with E-state index < -0.39 is 77.8 Å². The molecular weight excluding hydrogens is 831 g/mol. The van der Waals surface area contributed by atoms with Crippen molar-refractivity contribution >= 4 is 29.2 Å². The summed E-state index contributed by atoms with van der Waals surface area (Å²) in [6, 6.07) is -1.11. The van der Waals surface area contributed by atoms with E-state index in [0.29, 0.717) is 56.4 Å². The van der Waals surface area contributed by atoms with Gasteiger partial charge in [-0.15, -0.1) is 0 Å². The van der Waals surface area contributed by atoms with Crippen molar-refractivity contribution in [2.75, 3.05) is 27.9 Å². The zero-order valence-electron chi connectivity index (χ0n) is 41.2. The zero-order valence-corrected chi connectivity index (χ0v) is 41.2. The SMILES string of the molecule is CO[C@H]1C[C@@H]2CC[C@@H](C)[C@@](O)(O2)C(=O)C(=O)N2CCCC[C@H]2C(=O)O[C@H]([C@H](C)C[C@@H]2CC[C@H](C)[C@H](OC)C2)CC(=O)[C@H](C)/C=C(\C)[C@@H](O)[C@@H](OC)C(=O)[C@@H](C)C[C@H](C)/C=C/C=C/C=C/1C. The Morgan fingerprint density at radius 3 is 2.25 bits per heavy atom. The normalized spacial score (nSPS) is 40.4. The van der Waals surface area contributed by atoms with Gasteiger partial charge in [0.05, 0.1) is 18.3 Å². The molecule has 13 heteroatoms. The van der Waals surface area contributed by atoms with Crippen LogP contribution >= 0.6 is 0 Å². The third-order valence-corrected chi connectivity index (χ3v) is 14.8. The highest BCUT2D eigenvalue weighted by Gasteiger charge is 2.53. The molecule has 366 valence electrons. The first-order valence-electron chi connectivity index (χ1n) is 24.2. The van der Waals surface area contributed by atoms with Crippen molar-refractivity contribution in [3.63, 3.8) is 0 Å². The number of aliphatic hydroxyl groups excluding tert-OH is 1. The summed E-state index contributed by atoms with van der Waals surface area (Å²) < 4.78 is 29.7. The summed E-state index contributed by atoms with van der Waals surface area (Å²) in [6.45, 7) is 15.1. The molecule has 2 N–H and O–H groups in total. The van der Waals surface area contributed by atoms with E-state index in [2.05, 4.69) is 6.92 Å². The van der Waals surface area contributed by atoms with E-state index in [-0.39, 0.29) is 54.8 Å². The lowest BCUT2D eigenvalue weighted by atomic mass is 9.76. The van der Waals surface area contributed by atoms with E-state index in [1.54, 1.807) is 41.1 Å². The number of aliphatic hydroxyl groups is 2. The highest BCUT2D eigenvalue weighted by molar-refractivity contribution is 6.39. The van der Waals surface area contributed by atoms with Gasteiger partial charge in [0.1, 0.15) is 30.1 Å². The molecule has 1 amide bonds. The highest BCUT2D eigenvalue weighted by atomic mass is 16.6. The van der Waals surface area contributed by atoms with Crippen molar-refractivity contribution in [1.82, 2.24) is 4.90 Å². The Morgan fingerprint density at radius 2 is 1.57 bits per heavy atom. The second kappa shape index (κ2) is 25.2. The quantitative estimate of drug-likeness (QED) is 0.153. The lowest BCUT2D eigenvalue weighted by Crippen LogP contribution is -2.61. The fraction of sp³-hybridized carbons (Fsp3) is 0.750. The molecule has 0 spiro atoms. The molecule has 65 heavy (non-hydrogen) atoms. The minimum absolute atomic E-state index is 0.0304. The number of carbonyl (C=O) groups excluding carboxylic acids is 5. The summed E-state index contributed by atoms with van der Waals surface area (Å²) in [5, 5.41) is 23.4. The number of methoxy groups -OCH3 is 3. The van der Waals surface area contributed by atoms with Crippen molar-refractivity contribution in [3.8, 4) is 0 Å². The average molecular weight is 912 g/mol. The van der Waals surface area contributed by atoms with Gasteiger partial charge in [0.15, 0.2) is 5.78 Å². The second-order valence-electron chi connectivity index (χ2n) is 20.0. The smallest absolute Gasteiger partial charge is 0.329 e. The number of carbonyl (C=O) groups is 5. The van der Waals surface area contributed by atoms with Gasteiger partial charge < -0.3 is 38.8 Å². The van der Waals surface area contributed by atoms with Crippen molar-refractivity contribution in [2.45, 2.75) is 181 Å². The summed E-state index contributed by atoms with van der Waals surface area (Å²) in [5.41, 5.74) is 1.30. The molecule has 2 bridgehead atoms. The van der Waals surface area contributed by atoms with Gasteiger partial charge in [0.2, 0.25) is 5.79 Å². The summed E-state index contributed by atoms with van der Waals surface area (Å²) >= 11 is 0. The maximum atomic E-state index is 14.4. The van der Waals surface area contributed by atoms with E-state index in [4.69, 9.17) is 23.7 Å². The van der Waals surface area contributed by atoms with Crippen LogP contribution in [0.25, 0.3) is 0 Å². The molecule has 3 fully saturated rings. The van der Waals surface area contributed by atoms with Crippen LogP contribution in [-0.4, -0.2) is 121 Å². The molecule has 0 unspecified atom stereocenters. The van der Waals surface area contributed by atoms with Gasteiger partial charge in [-0.25, -0.2) is 4.79 Å². The first kappa shape index (κ1) is 54.3. The topological polar surface area (TPSA) is 175 Å². The van der Waals surface area contributed by atoms with Crippen LogP contribution in [0.3, 0.4) is 0 Å². The Kier molecular flexibility index (Phi) is 21.0. The molecule has 1 saturated carbocycles. The van der Waals surface area contributed by atoms with E-state index in [1.807, 2.05) is 58.1 Å². The average Bonchev–Trinajstić information content (AvgIpc) is 3.28. The van der Waals surface area contributed by atoms with Gasteiger partial charge in [0, 0.05) is 58.5 Å². The summed E-state index contributed by atoms with van der Waals surface area (Å²) in [6.07, 6.45) is 13.6. The third-order valence-electron chi connectivity index (χ3n) is 14.8. The molecule has 3 heterocycles. The first-order valence-corrected chi connectivity index (χ1v) is 24.2. The molecule has 3 aliphatic heterocycles. The molecule has 13 nitrogen and oxygen atoms in total. The number of amides is 1. The maximum Gasteiger partial charge on any atom is 0.329 e. The predicted molar refractivity (Wildman–Crippen MR) is 248 cm³/mol. The largest absolute Gasteiger partial charge is 0.460 e. The molecule has 1 aliphatic carbocycles. The van der Waals surface area contributed by atoms with Crippen LogP contribution < -0.4 is 0 Å². The van der Waals surface area contributed by atoms with Crippen LogP contribution in [0, 0.1) is 41.4 Å². The number of fused-ring (bicyclic) bond motifs is 3. The van der Waals surface area contributed by atoms with Crippen LogP contribution in [0.5, 0.6) is 0 Å². The standard InChI is InChI=1S/C52H81NO12/c1-31-17-13-12-14-18-32(2)44(62-10)29-40-23-21-38(8)52(60,65-40)49(57)50(58)53-24-16-15-19-41(53)51(59)64-45(35(5)27-39-22-20-33(3)43(28-39)61-9)30-42(54)34(4)26-37(7)47(56)48(63-11)46(55)36(6)25-31/h12-14,17-18,26,31,33-36,38-41,43-45,47-48,56,60H,15-16,19-25,27-30H2,1-11H3/b14-12+,17-13+,32-18+,37-26+/t31-,33+,34-,35-,36+,38-,39+,40+,41+,43-,44+,45+,47-,48+,52-/m1/s1.